The molecular formula is C13H13FN2O2S. The number of hydrogen-bond acceptors (Lipinski definition) is 3. The van der Waals surface area contributed by atoms with Crippen LogP contribution in [0.25, 0.3) is 0 Å². The van der Waals surface area contributed by atoms with Crippen molar-refractivity contribution >= 4 is 15.7 Å². The molecule has 19 heavy (non-hydrogen) atoms. The van der Waals surface area contributed by atoms with Crippen LogP contribution in [0, 0.1) is 5.82 Å². The smallest absolute Gasteiger partial charge is 0.240 e. The molecule has 0 aromatic heterocycles. The predicted octanol–water partition coefficient (Wildman–Crippen LogP) is 1.89. The van der Waals surface area contributed by atoms with E-state index in [-0.39, 0.29) is 17.0 Å². The van der Waals surface area contributed by atoms with Crippen LogP contribution in [0.15, 0.2) is 53.4 Å². The molecular weight excluding hydrogens is 267 g/mol. The van der Waals surface area contributed by atoms with Crippen LogP contribution in [0.5, 0.6) is 0 Å². The van der Waals surface area contributed by atoms with E-state index in [0.29, 0.717) is 5.69 Å². The number of nitrogens with one attached hydrogen (secondary N) is 1. The second-order valence-electron chi connectivity index (χ2n) is 3.99. The summed E-state index contributed by atoms with van der Waals surface area (Å²) in [4.78, 5) is 0.0591. The number of hydrogen-bond donors (Lipinski definition) is 2. The van der Waals surface area contributed by atoms with Crippen molar-refractivity contribution in [2.75, 3.05) is 5.73 Å². The third-order valence-electron chi connectivity index (χ3n) is 2.58. The molecule has 0 saturated carbocycles. The predicted molar refractivity (Wildman–Crippen MR) is 71.3 cm³/mol. The molecule has 0 amide bonds. The van der Waals surface area contributed by atoms with E-state index in [0.717, 1.165) is 0 Å². The lowest BCUT2D eigenvalue weighted by atomic mass is 10.2. The molecule has 0 unspecified atom stereocenters. The van der Waals surface area contributed by atoms with Crippen LogP contribution in [0.4, 0.5) is 10.1 Å². The van der Waals surface area contributed by atoms with Gasteiger partial charge in [0.25, 0.3) is 0 Å². The van der Waals surface area contributed by atoms with Crippen molar-refractivity contribution in [3.05, 3.63) is 59.9 Å². The molecule has 6 heteroatoms. The van der Waals surface area contributed by atoms with Crippen molar-refractivity contribution in [2.45, 2.75) is 11.4 Å². The number of halogens is 1. The first-order valence-corrected chi connectivity index (χ1v) is 7.06. The van der Waals surface area contributed by atoms with Crippen LogP contribution < -0.4 is 10.5 Å². The number of benzene rings is 2. The lowest BCUT2D eigenvalue weighted by molar-refractivity contribution is 0.574. The zero-order valence-electron chi connectivity index (χ0n) is 10.0. The molecule has 0 heterocycles. The van der Waals surface area contributed by atoms with Crippen molar-refractivity contribution in [2.24, 2.45) is 0 Å². The molecule has 0 radical (unpaired) electrons. The van der Waals surface area contributed by atoms with Gasteiger partial charge in [-0.05, 0) is 24.3 Å². The largest absolute Gasteiger partial charge is 0.399 e. The van der Waals surface area contributed by atoms with Gasteiger partial charge in [-0.2, -0.15) is 0 Å². The van der Waals surface area contributed by atoms with Gasteiger partial charge in [0.15, 0.2) is 0 Å². The maximum absolute atomic E-state index is 13.4. The Morgan fingerprint density at radius 3 is 2.53 bits per heavy atom. The standard InChI is InChI=1S/C13H13FN2O2S/c14-13-7-2-1-4-10(13)9-16-19(17,18)12-6-3-5-11(15)8-12/h1-8,16H,9,15H2. The van der Waals surface area contributed by atoms with E-state index in [9.17, 15) is 12.8 Å². The quantitative estimate of drug-likeness (QED) is 0.840. The average Bonchev–Trinajstić information content (AvgIpc) is 2.38. The second kappa shape index (κ2) is 5.38. The molecule has 2 aromatic rings. The second-order valence-corrected chi connectivity index (χ2v) is 5.76. The highest BCUT2D eigenvalue weighted by Crippen LogP contribution is 2.13. The zero-order chi connectivity index (χ0) is 13.9. The summed E-state index contributed by atoms with van der Waals surface area (Å²) in [5, 5.41) is 0. The maximum Gasteiger partial charge on any atom is 0.240 e. The number of rotatable bonds is 4. The summed E-state index contributed by atoms with van der Waals surface area (Å²) < 4.78 is 39.7. The third-order valence-corrected chi connectivity index (χ3v) is 3.98. The Morgan fingerprint density at radius 2 is 1.84 bits per heavy atom. The van der Waals surface area contributed by atoms with Gasteiger partial charge in [-0.15, -0.1) is 0 Å². The molecule has 0 aliphatic rings. The lowest BCUT2D eigenvalue weighted by Gasteiger charge is -2.08. The van der Waals surface area contributed by atoms with E-state index in [4.69, 9.17) is 5.73 Å². The fourth-order valence-corrected chi connectivity index (χ4v) is 2.64. The van der Waals surface area contributed by atoms with Gasteiger partial charge in [0.05, 0.1) is 4.90 Å². The highest BCUT2D eigenvalue weighted by atomic mass is 32.2. The van der Waals surface area contributed by atoms with Crippen molar-refractivity contribution in [1.29, 1.82) is 0 Å². The number of nitrogens with two attached hydrogens (primary N) is 1. The van der Waals surface area contributed by atoms with E-state index in [2.05, 4.69) is 4.72 Å². The topological polar surface area (TPSA) is 72.2 Å². The van der Waals surface area contributed by atoms with Crippen LogP contribution in [-0.2, 0) is 16.6 Å². The normalized spacial score (nSPS) is 11.4. The van der Waals surface area contributed by atoms with Crippen molar-refractivity contribution in [3.8, 4) is 0 Å². The van der Waals surface area contributed by atoms with Gasteiger partial charge in [0, 0.05) is 17.8 Å². The molecule has 2 aromatic carbocycles. The first kappa shape index (κ1) is 13.5. The van der Waals surface area contributed by atoms with Gasteiger partial charge in [-0.25, -0.2) is 17.5 Å². The van der Waals surface area contributed by atoms with Crippen LogP contribution in [-0.4, -0.2) is 8.42 Å². The monoisotopic (exact) mass is 280 g/mol. The molecule has 0 aliphatic heterocycles. The van der Waals surface area contributed by atoms with Gasteiger partial charge in [-0.3, -0.25) is 0 Å². The minimum Gasteiger partial charge on any atom is -0.399 e. The lowest BCUT2D eigenvalue weighted by Crippen LogP contribution is -2.23. The molecule has 0 aliphatic carbocycles. The first-order chi connectivity index (χ1) is 8.99. The summed E-state index contributed by atoms with van der Waals surface area (Å²) in [6.45, 7) is -0.107. The van der Waals surface area contributed by atoms with E-state index < -0.39 is 15.8 Å². The van der Waals surface area contributed by atoms with E-state index in [1.54, 1.807) is 24.3 Å². The summed E-state index contributed by atoms with van der Waals surface area (Å²) in [5.74, 6) is -0.447. The van der Waals surface area contributed by atoms with Gasteiger partial charge in [0.1, 0.15) is 5.82 Å². The Bertz CT molecular complexity index is 687. The van der Waals surface area contributed by atoms with Gasteiger partial charge < -0.3 is 5.73 Å². The summed E-state index contributed by atoms with van der Waals surface area (Å²) >= 11 is 0. The van der Waals surface area contributed by atoms with Gasteiger partial charge in [0.2, 0.25) is 10.0 Å². The van der Waals surface area contributed by atoms with E-state index in [1.165, 1.54) is 24.3 Å². The van der Waals surface area contributed by atoms with Crippen LogP contribution in [0.2, 0.25) is 0 Å². The molecule has 100 valence electrons. The Hall–Kier alpha value is -1.92. The molecule has 0 atom stereocenters. The number of sulfonamides is 1. The Morgan fingerprint density at radius 1 is 1.11 bits per heavy atom. The van der Waals surface area contributed by atoms with Crippen molar-refractivity contribution in [1.82, 2.24) is 4.72 Å². The highest BCUT2D eigenvalue weighted by molar-refractivity contribution is 7.89. The fraction of sp³-hybridized carbons (Fsp3) is 0.0769. The van der Waals surface area contributed by atoms with Crippen LogP contribution in [0.3, 0.4) is 0 Å². The number of anilines is 1. The molecule has 0 saturated heterocycles. The number of nitrogen functional groups attached to an aromatic ring is 1. The van der Waals surface area contributed by atoms with Crippen molar-refractivity contribution < 1.29 is 12.8 Å². The molecule has 0 fully saturated rings. The molecule has 3 N–H and O–H groups in total. The molecule has 2 rings (SSSR count). The summed E-state index contributed by atoms with van der Waals surface area (Å²) in [7, 11) is -3.69. The first-order valence-electron chi connectivity index (χ1n) is 5.58. The summed E-state index contributed by atoms with van der Waals surface area (Å²) in [6, 6.07) is 11.9. The van der Waals surface area contributed by atoms with Gasteiger partial charge >= 0.3 is 0 Å². The zero-order valence-corrected chi connectivity index (χ0v) is 10.8. The molecule has 0 spiro atoms. The van der Waals surface area contributed by atoms with Crippen LogP contribution in [0.1, 0.15) is 5.56 Å². The van der Waals surface area contributed by atoms with Crippen molar-refractivity contribution in [3.63, 3.8) is 0 Å². The fourth-order valence-electron chi connectivity index (χ4n) is 1.58. The Balaban J connectivity index is 2.17. The van der Waals surface area contributed by atoms with E-state index in [1.807, 2.05) is 0 Å². The molecule has 4 nitrogen and oxygen atoms in total. The minimum absolute atomic E-state index is 0.0591. The van der Waals surface area contributed by atoms with Gasteiger partial charge in [-0.1, -0.05) is 24.3 Å². The highest BCUT2D eigenvalue weighted by Gasteiger charge is 2.14. The summed E-state index contributed by atoms with van der Waals surface area (Å²) in [5.41, 5.74) is 6.18. The van der Waals surface area contributed by atoms with E-state index >= 15 is 0 Å². The van der Waals surface area contributed by atoms with Crippen LogP contribution >= 0.6 is 0 Å². The minimum atomic E-state index is -3.69. The SMILES string of the molecule is Nc1cccc(S(=O)(=O)NCc2ccccc2F)c1. The molecule has 0 bridgehead atoms. The average molecular weight is 280 g/mol. The maximum atomic E-state index is 13.4. The Labute approximate surface area is 111 Å². The summed E-state index contributed by atoms with van der Waals surface area (Å²) in [6.07, 6.45) is 0. The Kier molecular flexibility index (Phi) is 3.82. The third kappa shape index (κ3) is 3.30.